The number of likely N-dealkylation sites (tertiary alicyclic amines) is 2. The van der Waals surface area contributed by atoms with Gasteiger partial charge in [-0.2, -0.15) is 13.2 Å². The number of hydrogen-bond donors (Lipinski definition) is 1. The molecule has 0 aliphatic carbocycles. The zero-order valence-corrected chi connectivity index (χ0v) is 24.9. The summed E-state index contributed by atoms with van der Waals surface area (Å²) in [5.74, 6) is 0.428. The van der Waals surface area contributed by atoms with Gasteiger partial charge in [0.15, 0.2) is 0 Å². The Kier molecular flexibility index (Phi) is 8.54. The Morgan fingerprint density at radius 2 is 1.60 bits per heavy atom. The van der Waals surface area contributed by atoms with Gasteiger partial charge >= 0.3 is 6.18 Å². The molecule has 4 aromatic rings. The molecule has 224 valence electrons. The van der Waals surface area contributed by atoms with Crippen LogP contribution in [-0.2, 0) is 12.7 Å². The number of fused-ring (bicyclic) bond motifs is 1. The molecule has 3 heterocycles. The van der Waals surface area contributed by atoms with Gasteiger partial charge in [0.05, 0.1) is 16.6 Å². The van der Waals surface area contributed by atoms with Crippen LogP contribution in [0.25, 0.3) is 22.0 Å². The van der Waals surface area contributed by atoms with Crippen molar-refractivity contribution in [2.75, 3.05) is 31.5 Å². The van der Waals surface area contributed by atoms with E-state index in [0.29, 0.717) is 44.4 Å². The summed E-state index contributed by atoms with van der Waals surface area (Å²) in [6.07, 6.45) is -0.0759. The van der Waals surface area contributed by atoms with E-state index in [9.17, 15) is 18.0 Å². The molecule has 0 radical (unpaired) electrons. The van der Waals surface area contributed by atoms with E-state index in [4.69, 9.17) is 28.2 Å². The summed E-state index contributed by atoms with van der Waals surface area (Å²) in [5, 5.41) is 4.97. The van der Waals surface area contributed by atoms with Gasteiger partial charge in [0, 0.05) is 41.1 Å². The molecule has 0 bridgehead atoms. The molecular formula is C33H31Cl2F3N4O. The molecule has 0 unspecified atom stereocenters. The van der Waals surface area contributed by atoms with E-state index in [1.807, 2.05) is 35.2 Å². The summed E-state index contributed by atoms with van der Waals surface area (Å²) < 4.78 is 39.0. The smallest absolute Gasteiger partial charge is 0.366 e. The van der Waals surface area contributed by atoms with Crippen molar-refractivity contribution in [3.63, 3.8) is 0 Å². The largest absolute Gasteiger partial charge is 0.416 e. The van der Waals surface area contributed by atoms with Crippen molar-refractivity contribution in [1.29, 1.82) is 0 Å². The lowest BCUT2D eigenvalue weighted by Gasteiger charge is -2.29. The highest BCUT2D eigenvalue weighted by molar-refractivity contribution is 6.35. The van der Waals surface area contributed by atoms with Crippen LogP contribution in [0.4, 0.5) is 19.0 Å². The predicted molar refractivity (Wildman–Crippen MR) is 166 cm³/mol. The van der Waals surface area contributed by atoms with Gasteiger partial charge in [-0.15, -0.1) is 0 Å². The van der Waals surface area contributed by atoms with Crippen molar-refractivity contribution in [3.05, 3.63) is 93.5 Å². The molecule has 1 N–H and O–H groups in total. The van der Waals surface area contributed by atoms with E-state index in [1.165, 1.54) is 25.0 Å². The van der Waals surface area contributed by atoms with Crippen LogP contribution >= 0.6 is 23.2 Å². The van der Waals surface area contributed by atoms with Gasteiger partial charge in [0.1, 0.15) is 5.82 Å². The summed E-state index contributed by atoms with van der Waals surface area (Å²) in [4.78, 5) is 23.5. The molecule has 1 atom stereocenters. The van der Waals surface area contributed by atoms with Crippen LogP contribution in [0.5, 0.6) is 0 Å². The standard InChI is InChI=1S/C33H31Cl2F3N4O/c34-25-14-23(15-26(35)17-25)22-7-10-30-28(16-22)29(32(43)42-13-3-4-27(42)20-41-11-1-2-12-41)18-31(40-30)39-19-21-5-8-24(9-6-21)33(36,37)38/h5-10,14-18,27H,1-4,11-13,19-20H2,(H,39,40)/t27-/m0/s1. The molecule has 2 fully saturated rings. The summed E-state index contributed by atoms with van der Waals surface area (Å²) >= 11 is 12.6. The Hall–Kier alpha value is -3.33. The summed E-state index contributed by atoms with van der Waals surface area (Å²) in [6.45, 7) is 3.96. The minimum absolute atomic E-state index is 0.0482. The maximum atomic E-state index is 14.3. The molecule has 1 aromatic heterocycles. The second-order valence-corrected chi connectivity index (χ2v) is 12.2. The first kappa shape index (κ1) is 29.7. The zero-order valence-electron chi connectivity index (χ0n) is 23.4. The van der Waals surface area contributed by atoms with Gasteiger partial charge < -0.3 is 15.1 Å². The van der Waals surface area contributed by atoms with Crippen molar-refractivity contribution in [1.82, 2.24) is 14.8 Å². The maximum absolute atomic E-state index is 14.3. The van der Waals surface area contributed by atoms with Crippen LogP contribution in [0.3, 0.4) is 0 Å². The Morgan fingerprint density at radius 3 is 2.30 bits per heavy atom. The Bertz CT molecular complexity index is 1620. The Labute approximate surface area is 258 Å². The lowest BCUT2D eigenvalue weighted by Crippen LogP contribution is -2.42. The van der Waals surface area contributed by atoms with Gasteiger partial charge in [-0.3, -0.25) is 4.79 Å². The normalized spacial score (nSPS) is 17.6. The molecule has 3 aromatic carbocycles. The Balaban J connectivity index is 1.34. The first-order valence-corrected chi connectivity index (χ1v) is 15.2. The number of carbonyl (C=O) groups excluding carboxylic acids is 1. The second kappa shape index (κ2) is 12.3. The van der Waals surface area contributed by atoms with Crippen molar-refractivity contribution < 1.29 is 18.0 Å². The molecular weight excluding hydrogens is 596 g/mol. The number of pyridine rings is 1. The van der Waals surface area contributed by atoms with Gasteiger partial charge in [-0.25, -0.2) is 4.98 Å². The molecule has 2 saturated heterocycles. The van der Waals surface area contributed by atoms with Crippen molar-refractivity contribution >= 4 is 45.8 Å². The van der Waals surface area contributed by atoms with Gasteiger partial charge in [0.25, 0.3) is 5.91 Å². The molecule has 1 amide bonds. The van der Waals surface area contributed by atoms with E-state index in [0.717, 1.165) is 55.7 Å². The lowest BCUT2D eigenvalue weighted by atomic mass is 10.00. The van der Waals surface area contributed by atoms with E-state index in [-0.39, 0.29) is 18.5 Å². The van der Waals surface area contributed by atoms with E-state index < -0.39 is 11.7 Å². The van der Waals surface area contributed by atoms with Crippen LogP contribution in [0, 0.1) is 0 Å². The lowest BCUT2D eigenvalue weighted by molar-refractivity contribution is -0.137. The highest BCUT2D eigenvalue weighted by Gasteiger charge is 2.33. The van der Waals surface area contributed by atoms with Gasteiger partial charge in [-0.05, 0) is 104 Å². The molecule has 0 saturated carbocycles. The third-order valence-electron chi connectivity index (χ3n) is 8.30. The number of benzene rings is 3. The van der Waals surface area contributed by atoms with E-state index in [1.54, 1.807) is 12.1 Å². The third-order valence-corrected chi connectivity index (χ3v) is 8.73. The predicted octanol–water partition coefficient (Wildman–Crippen LogP) is 8.54. The van der Waals surface area contributed by atoms with Crippen molar-refractivity contribution in [2.24, 2.45) is 0 Å². The van der Waals surface area contributed by atoms with Gasteiger partial charge in [-0.1, -0.05) is 41.4 Å². The van der Waals surface area contributed by atoms with Crippen molar-refractivity contribution in [2.45, 2.75) is 44.4 Å². The number of amides is 1. The summed E-state index contributed by atoms with van der Waals surface area (Å²) in [7, 11) is 0. The fourth-order valence-electron chi connectivity index (χ4n) is 6.11. The first-order valence-electron chi connectivity index (χ1n) is 14.5. The molecule has 0 spiro atoms. The molecule has 2 aliphatic heterocycles. The number of aromatic nitrogens is 1. The van der Waals surface area contributed by atoms with E-state index in [2.05, 4.69) is 10.2 Å². The summed E-state index contributed by atoms with van der Waals surface area (Å²) in [6, 6.07) is 18.0. The highest BCUT2D eigenvalue weighted by atomic mass is 35.5. The number of rotatable bonds is 7. The maximum Gasteiger partial charge on any atom is 0.416 e. The van der Waals surface area contributed by atoms with Gasteiger partial charge in [0.2, 0.25) is 0 Å². The highest BCUT2D eigenvalue weighted by Crippen LogP contribution is 2.33. The molecule has 43 heavy (non-hydrogen) atoms. The first-order chi connectivity index (χ1) is 20.6. The quantitative estimate of drug-likeness (QED) is 0.223. The number of nitrogens with zero attached hydrogens (tertiary/aromatic N) is 3. The number of nitrogens with one attached hydrogen (secondary N) is 1. The molecule has 5 nitrogen and oxygen atoms in total. The topological polar surface area (TPSA) is 48.5 Å². The van der Waals surface area contributed by atoms with Crippen LogP contribution in [0.2, 0.25) is 10.0 Å². The summed E-state index contributed by atoms with van der Waals surface area (Å²) in [5.41, 5.74) is 2.82. The third kappa shape index (κ3) is 6.77. The molecule has 10 heteroatoms. The SMILES string of the molecule is O=C(c1cc(NCc2ccc(C(F)(F)F)cc2)nc2ccc(-c3cc(Cl)cc(Cl)c3)cc12)N1CCC[C@H]1CN1CCCC1. The van der Waals surface area contributed by atoms with Crippen molar-refractivity contribution in [3.8, 4) is 11.1 Å². The van der Waals surface area contributed by atoms with Crippen LogP contribution < -0.4 is 5.32 Å². The number of hydrogen-bond acceptors (Lipinski definition) is 4. The average Bonchev–Trinajstić information content (AvgIpc) is 3.67. The van der Waals surface area contributed by atoms with E-state index >= 15 is 0 Å². The van der Waals surface area contributed by atoms with Crippen LogP contribution in [0.1, 0.15) is 47.2 Å². The van der Waals surface area contributed by atoms with Crippen LogP contribution in [0.15, 0.2) is 66.7 Å². The second-order valence-electron chi connectivity index (χ2n) is 11.3. The zero-order chi connectivity index (χ0) is 30.1. The monoisotopic (exact) mass is 626 g/mol. The number of halogens is 5. The number of carbonyl (C=O) groups is 1. The fraction of sp³-hybridized carbons (Fsp3) is 0.333. The minimum Gasteiger partial charge on any atom is -0.366 e. The Morgan fingerprint density at radius 1 is 0.884 bits per heavy atom. The van der Waals surface area contributed by atoms with Crippen LogP contribution in [-0.4, -0.2) is 52.9 Å². The number of anilines is 1. The average molecular weight is 628 g/mol. The molecule has 2 aliphatic rings. The fourth-order valence-corrected chi connectivity index (χ4v) is 6.63. The number of alkyl halides is 3. The molecule has 6 rings (SSSR count). The minimum atomic E-state index is -4.39.